The fourth-order valence-electron chi connectivity index (χ4n) is 1.97. The van der Waals surface area contributed by atoms with E-state index in [9.17, 15) is 9.90 Å². The minimum Gasteiger partial charge on any atom is -0.476 e. The van der Waals surface area contributed by atoms with Crippen molar-refractivity contribution < 1.29 is 9.90 Å². The standard InChI is InChI=1S/C11H10N4O2S/c16-11(17)9-6-1-2-12-3-7(6)14-10(15-9)8-4-13-5-18-8/h4-5,12H,1-3H2,(H,16,17). The number of nitrogens with zero attached hydrogens (tertiary/aromatic N) is 3. The van der Waals surface area contributed by atoms with Crippen LogP contribution in [0.2, 0.25) is 0 Å². The van der Waals surface area contributed by atoms with Crippen LogP contribution in [-0.4, -0.2) is 32.6 Å². The van der Waals surface area contributed by atoms with Gasteiger partial charge in [0.2, 0.25) is 0 Å². The van der Waals surface area contributed by atoms with Crippen LogP contribution >= 0.6 is 11.3 Å². The van der Waals surface area contributed by atoms with Gasteiger partial charge in [0.1, 0.15) is 0 Å². The highest BCUT2D eigenvalue weighted by Crippen LogP contribution is 2.23. The summed E-state index contributed by atoms with van der Waals surface area (Å²) in [5, 5.41) is 12.4. The first-order valence-corrected chi connectivity index (χ1v) is 6.36. The molecule has 0 aliphatic carbocycles. The van der Waals surface area contributed by atoms with Gasteiger partial charge in [-0.05, 0) is 13.0 Å². The van der Waals surface area contributed by atoms with Gasteiger partial charge >= 0.3 is 5.97 Å². The SMILES string of the molecule is O=C(O)c1nc(-c2cncs2)nc2c1CCNC2. The number of aromatic nitrogens is 3. The first kappa shape index (κ1) is 11.2. The number of carbonyl (C=O) groups is 1. The number of nitrogens with one attached hydrogen (secondary N) is 1. The Hall–Kier alpha value is -1.86. The van der Waals surface area contributed by atoms with Gasteiger partial charge in [0.25, 0.3) is 0 Å². The minimum atomic E-state index is -0.999. The molecule has 0 amide bonds. The van der Waals surface area contributed by atoms with Crippen molar-refractivity contribution in [3.63, 3.8) is 0 Å². The van der Waals surface area contributed by atoms with E-state index in [1.165, 1.54) is 11.3 Å². The molecule has 92 valence electrons. The van der Waals surface area contributed by atoms with Gasteiger partial charge in [-0.15, -0.1) is 11.3 Å². The van der Waals surface area contributed by atoms with Gasteiger partial charge in [0, 0.05) is 18.3 Å². The minimum absolute atomic E-state index is 0.116. The lowest BCUT2D eigenvalue weighted by Crippen LogP contribution is -2.27. The predicted octanol–water partition coefficient (Wildman–Crippen LogP) is 0.944. The molecule has 0 unspecified atom stereocenters. The molecular weight excluding hydrogens is 252 g/mol. The summed E-state index contributed by atoms with van der Waals surface area (Å²) in [5.41, 5.74) is 3.31. The zero-order valence-corrected chi connectivity index (χ0v) is 10.2. The van der Waals surface area contributed by atoms with Crippen LogP contribution in [0.5, 0.6) is 0 Å². The second kappa shape index (κ2) is 4.43. The van der Waals surface area contributed by atoms with Crippen molar-refractivity contribution in [1.29, 1.82) is 0 Å². The van der Waals surface area contributed by atoms with E-state index in [0.717, 1.165) is 22.7 Å². The first-order chi connectivity index (χ1) is 8.75. The van der Waals surface area contributed by atoms with E-state index < -0.39 is 5.97 Å². The number of thiazole rings is 1. The van der Waals surface area contributed by atoms with Crippen LogP contribution in [0.15, 0.2) is 11.7 Å². The van der Waals surface area contributed by atoms with Gasteiger partial charge < -0.3 is 10.4 Å². The van der Waals surface area contributed by atoms with Crippen LogP contribution < -0.4 is 5.32 Å². The number of carboxylic acid groups (broad SMARTS) is 1. The highest BCUT2D eigenvalue weighted by molar-refractivity contribution is 7.13. The van der Waals surface area contributed by atoms with Crippen molar-refractivity contribution in [2.24, 2.45) is 0 Å². The molecule has 18 heavy (non-hydrogen) atoms. The summed E-state index contributed by atoms with van der Waals surface area (Å²) in [6, 6.07) is 0. The molecule has 3 rings (SSSR count). The average Bonchev–Trinajstić information content (AvgIpc) is 2.91. The molecule has 2 aromatic rings. The molecule has 7 heteroatoms. The Balaban J connectivity index is 2.18. The third-order valence-corrected chi connectivity index (χ3v) is 3.56. The number of rotatable bonds is 2. The Morgan fingerprint density at radius 3 is 3.06 bits per heavy atom. The van der Waals surface area contributed by atoms with E-state index in [2.05, 4.69) is 20.3 Å². The van der Waals surface area contributed by atoms with Gasteiger partial charge in [-0.3, -0.25) is 4.98 Å². The largest absolute Gasteiger partial charge is 0.476 e. The molecule has 0 bridgehead atoms. The third-order valence-electron chi connectivity index (χ3n) is 2.79. The van der Waals surface area contributed by atoms with Crippen LogP contribution in [0.4, 0.5) is 0 Å². The summed E-state index contributed by atoms with van der Waals surface area (Å²) < 4.78 is 0. The van der Waals surface area contributed by atoms with Crippen LogP contribution in [0.25, 0.3) is 10.7 Å². The molecule has 1 aliphatic heterocycles. The molecule has 0 saturated carbocycles. The Morgan fingerprint density at radius 1 is 1.44 bits per heavy atom. The van der Waals surface area contributed by atoms with Gasteiger partial charge in [-0.2, -0.15) is 0 Å². The Bertz CT molecular complexity index is 597. The predicted molar refractivity (Wildman–Crippen MR) is 65.5 cm³/mol. The van der Waals surface area contributed by atoms with E-state index >= 15 is 0 Å². The molecule has 0 spiro atoms. The highest BCUT2D eigenvalue weighted by Gasteiger charge is 2.22. The number of carboxylic acids is 1. The van der Waals surface area contributed by atoms with Crippen molar-refractivity contribution in [1.82, 2.24) is 20.3 Å². The zero-order valence-electron chi connectivity index (χ0n) is 9.38. The summed E-state index contributed by atoms with van der Waals surface area (Å²) in [4.78, 5) is 24.6. The van der Waals surface area contributed by atoms with Gasteiger partial charge in [-0.25, -0.2) is 14.8 Å². The molecule has 2 aromatic heterocycles. The maximum Gasteiger partial charge on any atom is 0.354 e. The Morgan fingerprint density at radius 2 is 2.33 bits per heavy atom. The normalized spacial score (nSPS) is 14.2. The topological polar surface area (TPSA) is 88.0 Å². The number of fused-ring (bicyclic) bond motifs is 1. The van der Waals surface area contributed by atoms with E-state index in [1.54, 1.807) is 11.7 Å². The van der Waals surface area contributed by atoms with Crippen molar-refractivity contribution in [2.75, 3.05) is 6.54 Å². The molecule has 6 nitrogen and oxygen atoms in total. The fraction of sp³-hybridized carbons (Fsp3) is 0.273. The molecule has 0 saturated heterocycles. The lowest BCUT2D eigenvalue weighted by Gasteiger charge is -2.18. The van der Waals surface area contributed by atoms with E-state index in [4.69, 9.17) is 0 Å². The van der Waals surface area contributed by atoms with Crippen LogP contribution in [0.3, 0.4) is 0 Å². The van der Waals surface area contributed by atoms with Crippen molar-refractivity contribution >= 4 is 17.3 Å². The molecule has 0 fully saturated rings. The van der Waals surface area contributed by atoms with Gasteiger partial charge in [0.05, 0.1) is 16.1 Å². The quantitative estimate of drug-likeness (QED) is 0.837. The molecule has 1 aliphatic rings. The summed E-state index contributed by atoms with van der Waals surface area (Å²) in [6.07, 6.45) is 2.30. The first-order valence-electron chi connectivity index (χ1n) is 5.48. The van der Waals surface area contributed by atoms with E-state index in [-0.39, 0.29) is 5.69 Å². The van der Waals surface area contributed by atoms with Crippen LogP contribution in [0, 0.1) is 0 Å². The zero-order chi connectivity index (χ0) is 12.5. The number of aromatic carboxylic acids is 1. The second-order valence-corrected chi connectivity index (χ2v) is 4.81. The average molecular weight is 262 g/mol. The van der Waals surface area contributed by atoms with Crippen LogP contribution in [0.1, 0.15) is 21.7 Å². The lowest BCUT2D eigenvalue weighted by atomic mass is 10.0. The van der Waals surface area contributed by atoms with Crippen molar-refractivity contribution in [2.45, 2.75) is 13.0 Å². The fourth-order valence-corrected chi connectivity index (χ4v) is 2.53. The van der Waals surface area contributed by atoms with Gasteiger partial charge in [0.15, 0.2) is 11.5 Å². The summed E-state index contributed by atoms with van der Waals surface area (Å²) >= 11 is 1.40. The third kappa shape index (κ3) is 1.87. The second-order valence-electron chi connectivity index (χ2n) is 3.92. The monoisotopic (exact) mass is 262 g/mol. The van der Waals surface area contributed by atoms with E-state index in [1.807, 2.05) is 0 Å². The maximum atomic E-state index is 11.3. The van der Waals surface area contributed by atoms with Crippen LogP contribution in [-0.2, 0) is 13.0 Å². The molecule has 0 aromatic carbocycles. The summed E-state index contributed by atoms with van der Waals surface area (Å²) in [5.74, 6) is -0.557. The summed E-state index contributed by atoms with van der Waals surface area (Å²) in [6.45, 7) is 1.35. The smallest absolute Gasteiger partial charge is 0.354 e. The molecule has 0 radical (unpaired) electrons. The molecule has 2 N–H and O–H groups in total. The molecule has 0 atom stereocenters. The number of hydrogen-bond donors (Lipinski definition) is 2. The Kier molecular flexibility index (Phi) is 2.77. The van der Waals surface area contributed by atoms with Crippen molar-refractivity contribution in [3.8, 4) is 10.7 Å². The lowest BCUT2D eigenvalue weighted by molar-refractivity contribution is 0.0688. The van der Waals surface area contributed by atoms with E-state index in [0.29, 0.717) is 18.8 Å². The van der Waals surface area contributed by atoms with Crippen molar-refractivity contribution in [3.05, 3.63) is 28.7 Å². The number of hydrogen-bond acceptors (Lipinski definition) is 6. The maximum absolute atomic E-state index is 11.3. The Labute approximate surface area is 107 Å². The molecular formula is C11H10N4O2S. The molecule has 3 heterocycles. The van der Waals surface area contributed by atoms with Gasteiger partial charge in [-0.1, -0.05) is 0 Å². The summed E-state index contributed by atoms with van der Waals surface area (Å²) in [7, 11) is 0. The highest BCUT2D eigenvalue weighted by atomic mass is 32.1.